The van der Waals surface area contributed by atoms with Crippen LogP contribution in [-0.4, -0.2) is 40.3 Å². The van der Waals surface area contributed by atoms with Gasteiger partial charge in [0.05, 0.1) is 4.92 Å². The van der Waals surface area contributed by atoms with Gasteiger partial charge in [-0.2, -0.15) is 4.39 Å². The van der Waals surface area contributed by atoms with Crippen molar-refractivity contribution in [1.82, 2.24) is 5.32 Å². The summed E-state index contributed by atoms with van der Waals surface area (Å²) in [5.41, 5.74) is -2.60. The normalized spacial score (nSPS) is 12.2. The van der Waals surface area contributed by atoms with E-state index < -0.39 is 63.9 Å². The van der Waals surface area contributed by atoms with Crippen LogP contribution in [-0.2, 0) is 9.53 Å². The number of carbonyl (C=O) groups is 2. The largest absolute Gasteiger partial charge is 0.484 e. The number of hydrogen-bond donors (Lipinski definition) is 2. The first kappa shape index (κ1) is 21.1. The van der Waals surface area contributed by atoms with Crippen molar-refractivity contribution in [2.45, 2.75) is 39.3 Å². The molecule has 1 aromatic rings. The van der Waals surface area contributed by atoms with Crippen LogP contribution in [0.15, 0.2) is 6.07 Å². The van der Waals surface area contributed by atoms with Crippen LogP contribution >= 0.6 is 0 Å². The summed E-state index contributed by atoms with van der Waals surface area (Å²) in [5.74, 6) is -4.87. The van der Waals surface area contributed by atoms with Crippen LogP contribution in [0.3, 0.4) is 0 Å². The molecule has 0 spiro atoms. The number of nitrogens with one attached hydrogen (secondary N) is 1. The molecule has 0 radical (unpaired) electrons. The predicted octanol–water partition coefficient (Wildman–Crippen LogP) is 2.54. The van der Waals surface area contributed by atoms with Crippen molar-refractivity contribution in [1.29, 1.82) is 0 Å². The van der Waals surface area contributed by atoms with Crippen LogP contribution < -0.4 is 10.1 Å². The number of halogens is 2. The third kappa shape index (κ3) is 5.53. The Bertz CT molecular complexity index is 732. The fourth-order valence-corrected chi connectivity index (χ4v) is 1.76. The number of rotatable bonds is 6. The lowest BCUT2D eigenvalue weighted by molar-refractivity contribution is -0.388. The Balaban J connectivity index is 2.99. The molecule has 144 valence electrons. The van der Waals surface area contributed by atoms with Gasteiger partial charge in [0, 0.05) is 11.6 Å². The third-order valence-corrected chi connectivity index (χ3v) is 2.96. The second-order valence-corrected chi connectivity index (χ2v) is 6.25. The number of aliphatic carboxylic acids is 1. The Labute approximate surface area is 147 Å². The van der Waals surface area contributed by atoms with E-state index in [-0.39, 0.29) is 0 Å². The van der Waals surface area contributed by atoms with Gasteiger partial charge in [-0.05, 0) is 27.7 Å². The first-order valence-electron chi connectivity index (χ1n) is 7.31. The van der Waals surface area contributed by atoms with Crippen LogP contribution in [0.25, 0.3) is 0 Å². The number of benzene rings is 1. The summed E-state index contributed by atoms with van der Waals surface area (Å²) in [5, 5.41) is 22.1. The lowest BCUT2D eigenvalue weighted by Crippen LogP contribution is -2.46. The summed E-state index contributed by atoms with van der Waals surface area (Å²) >= 11 is 0. The van der Waals surface area contributed by atoms with Crippen molar-refractivity contribution in [3.63, 3.8) is 0 Å². The molecule has 2 N–H and O–H groups in total. The SMILES string of the molecule is Cc1c(F)cc(OCC(NC(=O)OC(C)(C)C)C(=O)O)c([N+](=O)[O-])c1F. The highest BCUT2D eigenvalue weighted by atomic mass is 19.1. The molecule has 0 aliphatic carbocycles. The Hall–Kier alpha value is -2.98. The maximum Gasteiger partial charge on any atom is 0.408 e. The van der Waals surface area contributed by atoms with E-state index in [1.807, 2.05) is 5.32 Å². The van der Waals surface area contributed by atoms with Crippen molar-refractivity contribution in [3.05, 3.63) is 33.4 Å². The van der Waals surface area contributed by atoms with Gasteiger partial charge in [0.25, 0.3) is 0 Å². The first-order valence-corrected chi connectivity index (χ1v) is 7.31. The van der Waals surface area contributed by atoms with Crippen molar-refractivity contribution in [2.24, 2.45) is 0 Å². The Morgan fingerprint density at radius 1 is 1.38 bits per heavy atom. The maximum atomic E-state index is 13.9. The molecule has 1 aromatic carbocycles. The molecule has 1 unspecified atom stereocenters. The minimum Gasteiger partial charge on any atom is -0.484 e. The van der Waals surface area contributed by atoms with Crippen LogP contribution in [0, 0.1) is 28.7 Å². The van der Waals surface area contributed by atoms with Gasteiger partial charge in [-0.3, -0.25) is 10.1 Å². The number of hydrogen-bond acceptors (Lipinski definition) is 6. The van der Waals surface area contributed by atoms with E-state index in [2.05, 4.69) is 0 Å². The van der Waals surface area contributed by atoms with E-state index in [0.717, 1.165) is 6.92 Å². The molecule has 0 bridgehead atoms. The molecule has 26 heavy (non-hydrogen) atoms. The molecule has 11 heteroatoms. The quantitative estimate of drug-likeness (QED) is 0.577. The summed E-state index contributed by atoms with van der Waals surface area (Å²) in [6.07, 6.45) is -1.07. The van der Waals surface area contributed by atoms with Crippen molar-refractivity contribution in [2.75, 3.05) is 6.61 Å². The van der Waals surface area contributed by atoms with Gasteiger partial charge in [-0.25, -0.2) is 14.0 Å². The van der Waals surface area contributed by atoms with Crippen molar-refractivity contribution < 1.29 is 37.9 Å². The van der Waals surface area contributed by atoms with Crippen LogP contribution in [0.5, 0.6) is 5.75 Å². The number of carboxylic acid groups (broad SMARTS) is 1. The monoisotopic (exact) mass is 376 g/mol. The van der Waals surface area contributed by atoms with Gasteiger partial charge in [0.2, 0.25) is 11.6 Å². The second-order valence-electron chi connectivity index (χ2n) is 6.25. The second kappa shape index (κ2) is 7.93. The third-order valence-electron chi connectivity index (χ3n) is 2.96. The number of amides is 1. The van der Waals surface area contributed by atoms with Crippen molar-refractivity contribution >= 4 is 17.7 Å². The van der Waals surface area contributed by atoms with Crippen LogP contribution in [0.2, 0.25) is 0 Å². The number of nitro benzene ring substituents is 1. The zero-order chi connectivity index (χ0) is 20.2. The number of nitro groups is 1. The molecule has 9 nitrogen and oxygen atoms in total. The average molecular weight is 376 g/mol. The van der Waals surface area contributed by atoms with Crippen LogP contribution in [0.4, 0.5) is 19.3 Å². The number of alkyl carbamates (subject to hydrolysis) is 1. The lowest BCUT2D eigenvalue weighted by Gasteiger charge is -2.22. The summed E-state index contributed by atoms with van der Waals surface area (Å²) in [4.78, 5) is 32.7. The fraction of sp³-hybridized carbons (Fsp3) is 0.467. The average Bonchev–Trinajstić information content (AvgIpc) is 2.46. The Morgan fingerprint density at radius 2 is 1.96 bits per heavy atom. The first-order chi connectivity index (χ1) is 11.8. The molecule has 0 aliphatic rings. The molecule has 0 aromatic heterocycles. The zero-order valence-electron chi connectivity index (χ0n) is 14.5. The Kier molecular flexibility index (Phi) is 6.43. The number of ether oxygens (including phenoxy) is 2. The minimum absolute atomic E-state index is 0.572. The molecule has 1 amide bonds. The van der Waals surface area contributed by atoms with Gasteiger partial charge in [0.15, 0.2) is 6.04 Å². The van der Waals surface area contributed by atoms with Gasteiger partial charge < -0.3 is 19.9 Å². The fourth-order valence-electron chi connectivity index (χ4n) is 1.76. The topological polar surface area (TPSA) is 128 Å². The van der Waals surface area contributed by atoms with E-state index in [0.29, 0.717) is 6.07 Å². The molecule has 0 saturated heterocycles. The predicted molar refractivity (Wildman–Crippen MR) is 84.0 cm³/mol. The number of nitrogens with zero attached hydrogens (tertiary/aromatic N) is 1. The van der Waals surface area contributed by atoms with E-state index in [1.165, 1.54) is 0 Å². The molecular weight excluding hydrogens is 358 g/mol. The molecule has 0 fully saturated rings. The maximum absolute atomic E-state index is 13.9. The smallest absolute Gasteiger partial charge is 0.408 e. The number of carbonyl (C=O) groups excluding carboxylic acids is 1. The van der Waals surface area contributed by atoms with E-state index in [9.17, 15) is 28.5 Å². The lowest BCUT2D eigenvalue weighted by atomic mass is 10.2. The zero-order valence-corrected chi connectivity index (χ0v) is 14.5. The van der Waals surface area contributed by atoms with Gasteiger partial charge in [-0.1, -0.05) is 0 Å². The highest BCUT2D eigenvalue weighted by molar-refractivity contribution is 5.80. The van der Waals surface area contributed by atoms with Crippen molar-refractivity contribution in [3.8, 4) is 5.75 Å². The van der Waals surface area contributed by atoms with Crippen LogP contribution in [0.1, 0.15) is 26.3 Å². The van der Waals surface area contributed by atoms with E-state index >= 15 is 0 Å². The van der Waals surface area contributed by atoms with Gasteiger partial charge in [0.1, 0.15) is 18.0 Å². The molecule has 0 heterocycles. The Morgan fingerprint density at radius 3 is 2.42 bits per heavy atom. The molecule has 1 rings (SSSR count). The van der Waals surface area contributed by atoms with Gasteiger partial charge in [-0.15, -0.1) is 0 Å². The van der Waals surface area contributed by atoms with E-state index in [4.69, 9.17) is 14.6 Å². The minimum atomic E-state index is -1.67. The summed E-state index contributed by atoms with van der Waals surface area (Å²) < 4.78 is 37.3. The molecule has 1 atom stereocenters. The van der Waals surface area contributed by atoms with Gasteiger partial charge >= 0.3 is 17.7 Å². The highest BCUT2D eigenvalue weighted by Crippen LogP contribution is 2.33. The van der Waals surface area contributed by atoms with E-state index in [1.54, 1.807) is 20.8 Å². The number of carboxylic acids is 1. The summed E-state index contributed by atoms with van der Waals surface area (Å²) in [6, 6.07) is -1.10. The standard InChI is InChI=1S/C15H18F2N2O7/c1-7-8(16)5-10(12(11(7)17)19(23)24)25-6-9(13(20)21)18-14(22)26-15(2,3)4/h5,9H,6H2,1-4H3,(H,18,22)(H,20,21). The summed E-state index contributed by atoms with van der Waals surface area (Å²) in [6.45, 7) is 4.85. The summed E-state index contributed by atoms with van der Waals surface area (Å²) in [7, 11) is 0. The molecular formula is C15H18F2N2O7. The molecule has 0 aliphatic heterocycles. The highest BCUT2D eigenvalue weighted by Gasteiger charge is 2.29. The molecule has 0 saturated carbocycles.